The summed E-state index contributed by atoms with van der Waals surface area (Å²) in [4.78, 5) is 23.7. The number of likely N-dealkylation sites (tertiary alicyclic amines) is 1. The highest BCUT2D eigenvalue weighted by Crippen LogP contribution is 2.33. The lowest BCUT2D eigenvalue weighted by Crippen LogP contribution is -2.35. The number of aromatic amines is 1. The number of fused-ring (bicyclic) bond motifs is 2. The second-order valence-electron chi connectivity index (χ2n) is 8.50. The topological polar surface area (TPSA) is 53.4 Å². The van der Waals surface area contributed by atoms with Gasteiger partial charge in [-0.2, -0.15) is 0 Å². The van der Waals surface area contributed by atoms with Gasteiger partial charge in [0.05, 0.1) is 0 Å². The highest BCUT2D eigenvalue weighted by atomic mass is 16.1. The summed E-state index contributed by atoms with van der Waals surface area (Å²) in [5.41, 5.74) is 6.15. The predicted octanol–water partition coefficient (Wildman–Crippen LogP) is 4.21. The van der Waals surface area contributed by atoms with Crippen molar-refractivity contribution in [3.8, 4) is 0 Å². The number of piperidine rings is 1. The number of nitrogens with zero attached hydrogens (tertiary/aromatic N) is 3. The Morgan fingerprint density at radius 2 is 1.87 bits per heavy atom. The fourth-order valence-electron chi connectivity index (χ4n) is 4.94. The van der Waals surface area contributed by atoms with E-state index in [1.54, 1.807) is 4.40 Å². The van der Waals surface area contributed by atoms with Crippen LogP contribution in [0, 0.1) is 13.8 Å². The van der Waals surface area contributed by atoms with E-state index in [0.717, 1.165) is 61.5 Å². The average molecular weight is 401 g/mol. The van der Waals surface area contributed by atoms with Gasteiger partial charge in [0.2, 0.25) is 0 Å². The van der Waals surface area contributed by atoms with Crippen molar-refractivity contribution < 1.29 is 0 Å². The first-order chi connectivity index (χ1) is 14.6. The lowest BCUT2D eigenvalue weighted by atomic mass is 9.89. The van der Waals surface area contributed by atoms with Crippen LogP contribution >= 0.6 is 0 Å². The van der Waals surface area contributed by atoms with Crippen LogP contribution in [0.1, 0.15) is 41.3 Å². The number of pyridine rings is 1. The standard InChI is InChI=1S/C25H28N4O/c1-17-6-5-9-24-27-18(2)20(25(30)29(17)24)12-15-28-13-10-19(11-14-28)22-16-26-23-8-4-3-7-21(22)23/h3-9,16,19,26H,10-15H2,1-2H3. The van der Waals surface area contributed by atoms with E-state index in [1.165, 1.54) is 16.5 Å². The molecule has 1 saturated heterocycles. The summed E-state index contributed by atoms with van der Waals surface area (Å²) in [5, 5.41) is 1.36. The zero-order chi connectivity index (χ0) is 20.7. The molecule has 0 aliphatic carbocycles. The minimum Gasteiger partial charge on any atom is -0.361 e. The first-order valence-corrected chi connectivity index (χ1v) is 10.9. The third-order valence-electron chi connectivity index (χ3n) is 6.67. The first kappa shape index (κ1) is 19.1. The third-order valence-corrected chi connectivity index (χ3v) is 6.67. The zero-order valence-corrected chi connectivity index (χ0v) is 17.7. The molecule has 4 heterocycles. The number of H-pyrrole nitrogens is 1. The Bertz CT molecular complexity index is 1260. The van der Waals surface area contributed by atoms with Gasteiger partial charge >= 0.3 is 0 Å². The molecule has 1 N–H and O–H groups in total. The van der Waals surface area contributed by atoms with Crippen LogP contribution in [-0.2, 0) is 6.42 Å². The van der Waals surface area contributed by atoms with E-state index in [9.17, 15) is 4.79 Å². The summed E-state index contributed by atoms with van der Waals surface area (Å²) in [6.07, 6.45) is 5.27. The van der Waals surface area contributed by atoms with E-state index < -0.39 is 0 Å². The predicted molar refractivity (Wildman–Crippen MR) is 121 cm³/mol. The second kappa shape index (κ2) is 7.73. The molecule has 30 heavy (non-hydrogen) atoms. The molecule has 1 aliphatic heterocycles. The average Bonchev–Trinajstić information content (AvgIpc) is 3.18. The fourth-order valence-corrected chi connectivity index (χ4v) is 4.94. The maximum absolute atomic E-state index is 13.1. The molecule has 5 rings (SSSR count). The summed E-state index contributed by atoms with van der Waals surface area (Å²) in [5.74, 6) is 0.606. The van der Waals surface area contributed by atoms with E-state index in [4.69, 9.17) is 0 Å². The molecule has 0 radical (unpaired) electrons. The lowest BCUT2D eigenvalue weighted by Gasteiger charge is -2.32. The molecule has 0 unspecified atom stereocenters. The summed E-state index contributed by atoms with van der Waals surface area (Å²) >= 11 is 0. The van der Waals surface area contributed by atoms with Gasteiger partial charge in [-0.3, -0.25) is 9.20 Å². The van der Waals surface area contributed by atoms with Crippen LogP contribution in [0.2, 0.25) is 0 Å². The van der Waals surface area contributed by atoms with Crippen molar-refractivity contribution in [2.24, 2.45) is 0 Å². The van der Waals surface area contributed by atoms with Crippen LogP contribution in [0.3, 0.4) is 0 Å². The second-order valence-corrected chi connectivity index (χ2v) is 8.50. The minimum atomic E-state index is 0.0873. The van der Waals surface area contributed by atoms with Crippen molar-refractivity contribution >= 4 is 16.6 Å². The Balaban J connectivity index is 1.28. The highest BCUT2D eigenvalue weighted by molar-refractivity contribution is 5.83. The molecule has 0 saturated carbocycles. The van der Waals surface area contributed by atoms with Crippen molar-refractivity contribution in [1.82, 2.24) is 19.3 Å². The van der Waals surface area contributed by atoms with E-state index in [0.29, 0.717) is 5.92 Å². The molecule has 1 aliphatic rings. The Hall–Kier alpha value is -2.92. The molecule has 154 valence electrons. The van der Waals surface area contributed by atoms with E-state index >= 15 is 0 Å². The summed E-state index contributed by atoms with van der Waals surface area (Å²) in [7, 11) is 0. The number of aromatic nitrogens is 3. The Kier molecular flexibility index (Phi) is 4.91. The molecule has 5 nitrogen and oxygen atoms in total. The first-order valence-electron chi connectivity index (χ1n) is 10.9. The highest BCUT2D eigenvalue weighted by Gasteiger charge is 2.23. The monoisotopic (exact) mass is 400 g/mol. The van der Waals surface area contributed by atoms with Crippen LogP contribution in [-0.4, -0.2) is 38.9 Å². The molecule has 4 aromatic rings. The van der Waals surface area contributed by atoms with Gasteiger partial charge < -0.3 is 9.88 Å². The van der Waals surface area contributed by atoms with Gasteiger partial charge in [0.1, 0.15) is 5.65 Å². The number of hydrogen-bond donors (Lipinski definition) is 1. The van der Waals surface area contributed by atoms with E-state index in [2.05, 4.69) is 45.3 Å². The zero-order valence-electron chi connectivity index (χ0n) is 17.7. The summed E-state index contributed by atoms with van der Waals surface area (Å²) in [6, 6.07) is 14.4. The van der Waals surface area contributed by atoms with Crippen LogP contribution < -0.4 is 5.56 Å². The normalized spacial score (nSPS) is 15.9. The minimum absolute atomic E-state index is 0.0873. The third kappa shape index (κ3) is 3.33. The van der Waals surface area contributed by atoms with Crippen molar-refractivity contribution in [3.05, 3.63) is 81.5 Å². The summed E-state index contributed by atoms with van der Waals surface area (Å²) in [6.45, 7) is 6.98. The van der Waals surface area contributed by atoms with Crippen LogP contribution in [0.5, 0.6) is 0 Å². The summed E-state index contributed by atoms with van der Waals surface area (Å²) < 4.78 is 1.74. The van der Waals surface area contributed by atoms with Crippen molar-refractivity contribution in [1.29, 1.82) is 0 Å². The number of benzene rings is 1. The Morgan fingerprint density at radius 1 is 1.07 bits per heavy atom. The van der Waals surface area contributed by atoms with Crippen LogP contribution in [0.15, 0.2) is 53.5 Å². The van der Waals surface area contributed by atoms with Gasteiger partial charge in [0.25, 0.3) is 5.56 Å². The van der Waals surface area contributed by atoms with Crippen LogP contribution in [0.25, 0.3) is 16.6 Å². The van der Waals surface area contributed by atoms with Crippen molar-refractivity contribution in [3.63, 3.8) is 0 Å². The van der Waals surface area contributed by atoms with Crippen molar-refractivity contribution in [2.45, 2.75) is 39.0 Å². The number of hydrogen-bond acceptors (Lipinski definition) is 3. The van der Waals surface area contributed by atoms with E-state index in [-0.39, 0.29) is 5.56 Å². The van der Waals surface area contributed by atoms with Gasteiger partial charge in [-0.15, -0.1) is 0 Å². The molecule has 5 heteroatoms. The molecule has 1 aromatic carbocycles. The Labute approximate surface area is 176 Å². The molecule has 0 atom stereocenters. The molecular formula is C25H28N4O. The molecular weight excluding hydrogens is 372 g/mol. The van der Waals surface area contributed by atoms with Crippen molar-refractivity contribution in [2.75, 3.05) is 19.6 Å². The van der Waals surface area contributed by atoms with Gasteiger partial charge in [-0.25, -0.2) is 4.98 Å². The fraction of sp³-hybridized carbons (Fsp3) is 0.360. The van der Waals surface area contributed by atoms with Gasteiger partial charge in [0.15, 0.2) is 0 Å². The van der Waals surface area contributed by atoms with E-state index in [1.807, 2.05) is 32.0 Å². The number of aryl methyl sites for hydroxylation is 2. The molecule has 0 amide bonds. The smallest absolute Gasteiger partial charge is 0.261 e. The Morgan fingerprint density at radius 3 is 2.70 bits per heavy atom. The molecule has 0 spiro atoms. The maximum atomic E-state index is 13.1. The molecule has 1 fully saturated rings. The SMILES string of the molecule is Cc1nc2cccc(C)n2c(=O)c1CCN1CCC(c2c[nH]c3ccccc23)CC1. The number of nitrogens with one attached hydrogen (secondary N) is 1. The molecule has 0 bridgehead atoms. The number of para-hydroxylation sites is 1. The largest absolute Gasteiger partial charge is 0.361 e. The lowest BCUT2D eigenvalue weighted by molar-refractivity contribution is 0.215. The van der Waals surface area contributed by atoms with Crippen LogP contribution in [0.4, 0.5) is 0 Å². The maximum Gasteiger partial charge on any atom is 0.261 e. The van der Waals surface area contributed by atoms with Gasteiger partial charge in [-0.05, 0) is 75.9 Å². The molecule has 3 aromatic heterocycles. The van der Waals surface area contributed by atoms with Gasteiger partial charge in [0, 0.05) is 40.6 Å². The van der Waals surface area contributed by atoms with Gasteiger partial charge in [-0.1, -0.05) is 24.3 Å². The number of rotatable bonds is 4. The quantitative estimate of drug-likeness (QED) is 0.558.